The number of hydrogen-bond donors (Lipinski definition) is 1. The van der Waals surface area contributed by atoms with Gasteiger partial charge in [0, 0.05) is 12.5 Å². The Morgan fingerprint density at radius 2 is 1.46 bits per heavy atom. The van der Waals surface area contributed by atoms with Crippen molar-refractivity contribution in [3.63, 3.8) is 0 Å². The van der Waals surface area contributed by atoms with E-state index in [1.165, 1.54) is 21.9 Å². The Morgan fingerprint density at radius 3 is 2.19 bits per heavy atom. The van der Waals surface area contributed by atoms with E-state index in [9.17, 15) is 4.79 Å². The highest BCUT2D eigenvalue weighted by molar-refractivity contribution is 5.83. The zero-order valence-electron chi connectivity index (χ0n) is 15.6. The van der Waals surface area contributed by atoms with Crippen molar-refractivity contribution in [2.75, 3.05) is 6.54 Å². The minimum atomic E-state index is -0.0580. The van der Waals surface area contributed by atoms with Gasteiger partial charge < -0.3 is 5.32 Å². The first-order valence-corrected chi connectivity index (χ1v) is 9.41. The summed E-state index contributed by atoms with van der Waals surface area (Å²) in [5.41, 5.74) is 2.42. The number of hydrogen-bond acceptors (Lipinski definition) is 1. The molecule has 1 amide bonds. The molecule has 0 aliphatic heterocycles. The van der Waals surface area contributed by atoms with Gasteiger partial charge >= 0.3 is 0 Å². The van der Waals surface area contributed by atoms with Crippen molar-refractivity contribution >= 4 is 16.7 Å². The van der Waals surface area contributed by atoms with Crippen molar-refractivity contribution in [3.8, 4) is 0 Å². The maximum atomic E-state index is 12.8. The first-order valence-electron chi connectivity index (χ1n) is 9.41. The third-order valence-corrected chi connectivity index (χ3v) is 4.68. The Morgan fingerprint density at radius 1 is 0.808 bits per heavy atom. The summed E-state index contributed by atoms with van der Waals surface area (Å²) in [5, 5.41) is 5.58. The Hall–Kier alpha value is -2.61. The first-order chi connectivity index (χ1) is 12.6. The van der Waals surface area contributed by atoms with E-state index < -0.39 is 0 Å². The molecule has 3 aromatic rings. The van der Waals surface area contributed by atoms with Crippen LogP contribution in [0.15, 0.2) is 72.8 Å². The summed E-state index contributed by atoms with van der Waals surface area (Å²) in [4.78, 5) is 12.8. The summed E-state index contributed by atoms with van der Waals surface area (Å²) in [6, 6.07) is 25.2. The summed E-state index contributed by atoms with van der Waals surface area (Å²) in [7, 11) is 0. The standard InChI is InChI=1S/C24H27NO/c1-18(2)17-25-24(26)23(14-19-8-4-3-5-9-19)16-20-12-13-21-10-6-7-11-22(21)15-20/h3-13,15,18,23H,14,16-17H2,1-2H3,(H,25,26). The fraction of sp³-hybridized carbons (Fsp3) is 0.292. The Balaban J connectivity index is 1.79. The van der Waals surface area contributed by atoms with Crippen LogP contribution >= 0.6 is 0 Å². The summed E-state index contributed by atoms with van der Waals surface area (Å²) >= 11 is 0. The van der Waals surface area contributed by atoms with Crippen LogP contribution in [0.25, 0.3) is 10.8 Å². The molecule has 0 spiro atoms. The van der Waals surface area contributed by atoms with Crippen LogP contribution in [0.5, 0.6) is 0 Å². The molecule has 1 N–H and O–H groups in total. The van der Waals surface area contributed by atoms with Gasteiger partial charge in [0.25, 0.3) is 0 Å². The molecule has 0 saturated carbocycles. The van der Waals surface area contributed by atoms with Gasteiger partial charge in [0.1, 0.15) is 0 Å². The van der Waals surface area contributed by atoms with Gasteiger partial charge in [-0.05, 0) is 40.7 Å². The molecular formula is C24H27NO. The third-order valence-electron chi connectivity index (χ3n) is 4.68. The number of rotatable bonds is 7. The second-order valence-corrected chi connectivity index (χ2v) is 7.41. The fourth-order valence-electron chi connectivity index (χ4n) is 3.26. The normalized spacial score (nSPS) is 12.3. The van der Waals surface area contributed by atoms with Crippen molar-refractivity contribution in [3.05, 3.63) is 83.9 Å². The molecule has 26 heavy (non-hydrogen) atoms. The first kappa shape index (κ1) is 18.2. The second kappa shape index (κ2) is 8.66. The molecule has 3 rings (SSSR count). The van der Waals surface area contributed by atoms with E-state index in [4.69, 9.17) is 0 Å². The lowest BCUT2D eigenvalue weighted by Crippen LogP contribution is -2.35. The molecule has 2 heteroatoms. The monoisotopic (exact) mass is 345 g/mol. The summed E-state index contributed by atoms with van der Waals surface area (Å²) in [6.45, 7) is 4.97. The quantitative estimate of drug-likeness (QED) is 0.640. The van der Waals surface area contributed by atoms with Crippen molar-refractivity contribution in [1.82, 2.24) is 5.32 Å². The molecule has 0 fully saturated rings. The third kappa shape index (κ3) is 4.95. The lowest BCUT2D eigenvalue weighted by atomic mass is 9.91. The van der Waals surface area contributed by atoms with Gasteiger partial charge in [-0.15, -0.1) is 0 Å². The Bertz CT molecular complexity index is 854. The van der Waals surface area contributed by atoms with E-state index in [0.717, 1.165) is 19.4 Å². The van der Waals surface area contributed by atoms with Gasteiger partial charge in [-0.3, -0.25) is 4.79 Å². The van der Waals surface area contributed by atoms with Gasteiger partial charge in [0.05, 0.1) is 0 Å². The summed E-state index contributed by atoms with van der Waals surface area (Å²) in [6.07, 6.45) is 1.52. The SMILES string of the molecule is CC(C)CNC(=O)C(Cc1ccccc1)Cc1ccc2ccccc2c1. The second-order valence-electron chi connectivity index (χ2n) is 7.41. The lowest BCUT2D eigenvalue weighted by Gasteiger charge is -2.18. The summed E-state index contributed by atoms with van der Waals surface area (Å²) < 4.78 is 0. The molecule has 0 aliphatic rings. The van der Waals surface area contributed by atoms with Crippen LogP contribution in [0.2, 0.25) is 0 Å². The van der Waals surface area contributed by atoms with Gasteiger partial charge in [-0.25, -0.2) is 0 Å². The van der Waals surface area contributed by atoms with E-state index in [-0.39, 0.29) is 11.8 Å². The largest absolute Gasteiger partial charge is 0.356 e. The van der Waals surface area contributed by atoms with E-state index >= 15 is 0 Å². The fourth-order valence-corrected chi connectivity index (χ4v) is 3.26. The van der Waals surface area contributed by atoms with E-state index in [0.29, 0.717) is 5.92 Å². The summed E-state index contributed by atoms with van der Waals surface area (Å²) in [5.74, 6) is 0.546. The maximum absolute atomic E-state index is 12.8. The molecule has 1 atom stereocenters. The number of benzene rings is 3. The van der Waals surface area contributed by atoms with Crippen LogP contribution in [0.1, 0.15) is 25.0 Å². The minimum absolute atomic E-state index is 0.0580. The molecule has 1 unspecified atom stereocenters. The maximum Gasteiger partial charge on any atom is 0.223 e. The van der Waals surface area contributed by atoms with Crippen molar-refractivity contribution in [2.24, 2.45) is 11.8 Å². The lowest BCUT2D eigenvalue weighted by molar-refractivity contribution is -0.125. The molecule has 2 nitrogen and oxygen atoms in total. The number of carbonyl (C=O) groups excluding carboxylic acids is 1. The van der Waals surface area contributed by atoms with Crippen LogP contribution in [0.3, 0.4) is 0 Å². The van der Waals surface area contributed by atoms with Crippen LogP contribution < -0.4 is 5.32 Å². The highest BCUT2D eigenvalue weighted by Crippen LogP contribution is 2.20. The zero-order chi connectivity index (χ0) is 18.4. The molecule has 0 aliphatic carbocycles. The van der Waals surface area contributed by atoms with Crippen LogP contribution in [0, 0.1) is 11.8 Å². The van der Waals surface area contributed by atoms with E-state index in [2.05, 4.69) is 73.8 Å². The van der Waals surface area contributed by atoms with Gasteiger partial charge in [0.15, 0.2) is 0 Å². The molecular weight excluding hydrogens is 318 g/mol. The highest BCUT2D eigenvalue weighted by Gasteiger charge is 2.20. The number of carbonyl (C=O) groups is 1. The van der Waals surface area contributed by atoms with Gasteiger partial charge in [-0.1, -0.05) is 86.6 Å². The molecule has 0 radical (unpaired) electrons. The van der Waals surface area contributed by atoms with Crippen molar-refractivity contribution < 1.29 is 4.79 Å². The van der Waals surface area contributed by atoms with Crippen molar-refractivity contribution in [2.45, 2.75) is 26.7 Å². The number of fused-ring (bicyclic) bond motifs is 1. The zero-order valence-corrected chi connectivity index (χ0v) is 15.6. The average Bonchev–Trinajstić information content (AvgIpc) is 2.66. The predicted molar refractivity (Wildman–Crippen MR) is 109 cm³/mol. The Labute approximate surface area is 156 Å². The number of amides is 1. The van der Waals surface area contributed by atoms with Gasteiger partial charge in [0.2, 0.25) is 5.91 Å². The van der Waals surface area contributed by atoms with E-state index in [1.54, 1.807) is 0 Å². The Kier molecular flexibility index (Phi) is 6.06. The smallest absolute Gasteiger partial charge is 0.223 e. The average molecular weight is 345 g/mol. The molecule has 0 bridgehead atoms. The topological polar surface area (TPSA) is 29.1 Å². The van der Waals surface area contributed by atoms with Crippen LogP contribution in [-0.2, 0) is 17.6 Å². The molecule has 134 valence electrons. The van der Waals surface area contributed by atoms with Crippen LogP contribution in [0.4, 0.5) is 0 Å². The number of nitrogens with one attached hydrogen (secondary N) is 1. The molecule has 0 aromatic heterocycles. The van der Waals surface area contributed by atoms with Crippen LogP contribution in [-0.4, -0.2) is 12.5 Å². The molecule has 0 heterocycles. The highest BCUT2D eigenvalue weighted by atomic mass is 16.1. The molecule has 0 saturated heterocycles. The molecule has 3 aromatic carbocycles. The van der Waals surface area contributed by atoms with Crippen molar-refractivity contribution in [1.29, 1.82) is 0 Å². The minimum Gasteiger partial charge on any atom is -0.356 e. The van der Waals surface area contributed by atoms with Gasteiger partial charge in [-0.2, -0.15) is 0 Å². The predicted octanol–water partition coefficient (Wildman–Crippen LogP) is 5.01. The van der Waals surface area contributed by atoms with E-state index in [1.807, 2.05) is 18.2 Å².